The van der Waals surface area contributed by atoms with Crippen LogP contribution in [-0.2, 0) is 6.61 Å². The topological polar surface area (TPSA) is 40.5 Å². The average molecular weight is 168 g/mol. The van der Waals surface area contributed by atoms with E-state index in [0.29, 0.717) is 0 Å². The smallest absolute Gasteiger partial charge is 0.0681 e. The maximum atomic E-state index is 8.54. The van der Waals surface area contributed by atoms with E-state index in [2.05, 4.69) is 0 Å². The van der Waals surface area contributed by atoms with Crippen LogP contribution in [-0.4, -0.2) is 16.3 Å². The third kappa shape index (κ3) is 7.25. The van der Waals surface area contributed by atoms with Gasteiger partial charge in [-0.15, -0.1) is 0 Å². The second-order valence-electron chi connectivity index (χ2n) is 2.74. The molecule has 2 N–H and O–H groups in total. The molecule has 0 fully saturated rings. The minimum absolute atomic E-state index is 0.140. The summed E-state index contributed by atoms with van der Waals surface area (Å²) in [5.74, 6) is 0. The molecule has 0 amide bonds. The molecule has 0 aromatic heterocycles. The largest absolute Gasteiger partial charge is 0.394 e. The molecule has 0 aliphatic carbocycles. The van der Waals surface area contributed by atoms with Crippen molar-refractivity contribution in [3.05, 3.63) is 35.9 Å². The summed E-state index contributed by atoms with van der Waals surface area (Å²) >= 11 is 0. The first-order valence-corrected chi connectivity index (χ1v) is 3.99. The van der Waals surface area contributed by atoms with Gasteiger partial charge in [-0.1, -0.05) is 30.3 Å². The van der Waals surface area contributed by atoms with Gasteiger partial charge in [0.15, 0.2) is 0 Å². The van der Waals surface area contributed by atoms with E-state index < -0.39 is 0 Å². The van der Waals surface area contributed by atoms with Gasteiger partial charge in [0.1, 0.15) is 0 Å². The highest BCUT2D eigenvalue weighted by atomic mass is 16.3. The third-order valence-electron chi connectivity index (χ3n) is 1.03. The van der Waals surface area contributed by atoms with Crippen LogP contribution in [0.5, 0.6) is 0 Å². The van der Waals surface area contributed by atoms with Gasteiger partial charge in [0, 0.05) is 6.10 Å². The van der Waals surface area contributed by atoms with Crippen LogP contribution in [0.1, 0.15) is 19.4 Å². The molecule has 0 spiro atoms. The Labute approximate surface area is 73.5 Å². The zero-order valence-electron chi connectivity index (χ0n) is 7.57. The lowest BCUT2D eigenvalue weighted by molar-refractivity contribution is 0.216. The standard InChI is InChI=1S/C7H8O.C3H8O/c8-6-7-4-2-1-3-5-7;1-3(2)4/h1-5,8H,6H2;3-4H,1-2H3. The molecule has 68 valence electrons. The first-order chi connectivity index (χ1) is 5.66. The van der Waals surface area contributed by atoms with Crippen molar-refractivity contribution in [1.82, 2.24) is 0 Å². The molecular weight excluding hydrogens is 152 g/mol. The maximum Gasteiger partial charge on any atom is 0.0681 e. The first-order valence-electron chi connectivity index (χ1n) is 3.99. The monoisotopic (exact) mass is 168 g/mol. The maximum absolute atomic E-state index is 8.54. The van der Waals surface area contributed by atoms with E-state index in [-0.39, 0.29) is 12.7 Å². The minimum atomic E-state index is -0.167. The Morgan fingerprint density at radius 1 is 1.17 bits per heavy atom. The van der Waals surface area contributed by atoms with E-state index in [1.165, 1.54) is 0 Å². The average Bonchev–Trinajstić information content (AvgIpc) is 2.05. The lowest BCUT2D eigenvalue weighted by Gasteiger charge is -1.89. The highest BCUT2D eigenvalue weighted by molar-refractivity contribution is 5.12. The second kappa shape index (κ2) is 6.83. The summed E-state index contributed by atoms with van der Waals surface area (Å²) in [6.45, 7) is 3.58. The van der Waals surface area contributed by atoms with Crippen molar-refractivity contribution >= 4 is 0 Å². The fourth-order valence-electron chi connectivity index (χ4n) is 0.583. The van der Waals surface area contributed by atoms with Crippen LogP contribution < -0.4 is 0 Å². The lowest BCUT2D eigenvalue weighted by Crippen LogP contribution is -1.85. The molecule has 0 heterocycles. The van der Waals surface area contributed by atoms with Crippen molar-refractivity contribution in [3.8, 4) is 0 Å². The SMILES string of the molecule is CC(C)O.OCc1ccccc1. The molecule has 0 atom stereocenters. The number of aliphatic hydroxyl groups excluding tert-OH is 2. The molecule has 1 aromatic carbocycles. The van der Waals surface area contributed by atoms with E-state index in [1.807, 2.05) is 30.3 Å². The third-order valence-corrected chi connectivity index (χ3v) is 1.03. The van der Waals surface area contributed by atoms with Gasteiger partial charge in [-0.05, 0) is 19.4 Å². The molecule has 1 aromatic rings. The quantitative estimate of drug-likeness (QED) is 0.668. The number of benzene rings is 1. The highest BCUT2D eigenvalue weighted by Gasteiger charge is 1.81. The van der Waals surface area contributed by atoms with E-state index in [4.69, 9.17) is 10.2 Å². The predicted molar refractivity (Wildman–Crippen MR) is 49.7 cm³/mol. The Bertz CT molecular complexity index is 180. The predicted octanol–water partition coefficient (Wildman–Crippen LogP) is 1.57. The fraction of sp³-hybridized carbons (Fsp3) is 0.400. The molecule has 0 saturated heterocycles. The van der Waals surface area contributed by atoms with E-state index in [9.17, 15) is 0 Å². The minimum Gasteiger partial charge on any atom is -0.394 e. The molecule has 2 nitrogen and oxygen atoms in total. The fourth-order valence-corrected chi connectivity index (χ4v) is 0.583. The lowest BCUT2D eigenvalue weighted by atomic mass is 10.2. The van der Waals surface area contributed by atoms with E-state index in [1.54, 1.807) is 13.8 Å². The Morgan fingerprint density at radius 2 is 1.58 bits per heavy atom. The summed E-state index contributed by atoms with van der Waals surface area (Å²) in [7, 11) is 0. The molecule has 0 aliphatic heterocycles. The van der Waals surface area contributed by atoms with Crippen molar-refractivity contribution in [2.45, 2.75) is 26.6 Å². The molecule has 0 bridgehead atoms. The zero-order valence-corrected chi connectivity index (χ0v) is 7.57. The summed E-state index contributed by atoms with van der Waals surface area (Å²) in [4.78, 5) is 0. The summed E-state index contributed by atoms with van der Waals surface area (Å²) in [5.41, 5.74) is 0.965. The number of rotatable bonds is 1. The molecule has 12 heavy (non-hydrogen) atoms. The van der Waals surface area contributed by atoms with Crippen LogP contribution in [0.4, 0.5) is 0 Å². The van der Waals surface area contributed by atoms with Crippen LogP contribution in [0.3, 0.4) is 0 Å². The van der Waals surface area contributed by atoms with Crippen molar-refractivity contribution in [3.63, 3.8) is 0 Å². The van der Waals surface area contributed by atoms with Crippen LogP contribution in [0.2, 0.25) is 0 Å². The van der Waals surface area contributed by atoms with Crippen LogP contribution in [0, 0.1) is 0 Å². The second-order valence-corrected chi connectivity index (χ2v) is 2.74. The van der Waals surface area contributed by atoms with Crippen molar-refractivity contribution in [2.24, 2.45) is 0 Å². The number of hydrogen-bond acceptors (Lipinski definition) is 2. The summed E-state index contributed by atoms with van der Waals surface area (Å²) in [6, 6.07) is 9.52. The summed E-state index contributed by atoms with van der Waals surface area (Å²) < 4.78 is 0. The van der Waals surface area contributed by atoms with Crippen LogP contribution >= 0.6 is 0 Å². The normalized spacial score (nSPS) is 9.08. The van der Waals surface area contributed by atoms with E-state index >= 15 is 0 Å². The van der Waals surface area contributed by atoms with Gasteiger partial charge >= 0.3 is 0 Å². The highest BCUT2D eigenvalue weighted by Crippen LogP contribution is 1.95. The first kappa shape index (κ1) is 11.1. The van der Waals surface area contributed by atoms with Gasteiger partial charge in [0.05, 0.1) is 6.61 Å². The van der Waals surface area contributed by atoms with Gasteiger partial charge in [-0.3, -0.25) is 0 Å². The Balaban J connectivity index is 0.000000261. The van der Waals surface area contributed by atoms with Gasteiger partial charge in [-0.25, -0.2) is 0 Å². The van der Waals surface area contributed by atoms with Gasteiger partial charge in [-0.2, -0.15) is 0 Å². The van der Waals surface area contributed by atoms with Crippen molar-refractivity contribution < 1.29 is 10.2 Å². The molecule has 0 unspecified atom stereocenters. The summed E-state index contributed by atoms with van der Waals surface area (Å²) in [5, 5.41) is 16.6. The van der Waals surface area contributed by atoms with Gasteiger partial charge in [0.25, 0.3) is 0 Å². The number of aliphatic hydroxyl groups is 2. The van der Waals surface area contributed by atoms with Crippen molar-refractivity contribution in [2.75, 3.05) is 0 Å². The number of hydrogen-bond donors (Lipinski definition) is 2. The zero-order chi connectivity index (χ0) is 9.40. The molecule has 0 saturated carbocycles. The van der Waals surface area contributed by atoms with Gasteiger partial charge < -0.3 is 10.2 Å². The Hall–Kier alpha value is -0.860. The molecular formula is C10H16O2. The molecule has 1 rings (SSSR count). The summed E-state index contributed by atoms with van der Waals surface area (Å²) in [6.07, 6.45) is -0.167. The molecule has 0 aliphatic rings. The Morgan fingerprint density at radius 3 is 1.83 bits per heavy atom. The van der Waals surface area contributed by atoms with Gasteiger partial charge in [0.2, 0.25) is 0 Å². The van der Waals surface area contributed by atoms with Crippen LogP contribution in [0.15, 0.2) is 30.3 Å². The molecule has 0 radical (unpaired) electrons. The van der Waals surface area contributed by atoms with Crippen LogP contribution in [0.25, 0.3) is 0 Å². The Kier molecular flexibility index (Phi) is 6.34. The molecule has 2 heteroatoms. The van der Waals surface area contributed by atoms with E-state index in [0.717, 1.165) is 5.56 Å². The van der Waals surface area contributed by atoms with Crippen molar-refractivity contribution in [1.29, 1.82) is 0 Å².